The molecule has 1 fully saturated rings. The molecule has 0 amide bonds. The summed E-state index contributed by atoms with van der Waals surface area (Å²) in [6.07, 6.45) is 1.09. The van der Waals surface area contributed by atoms with Crippen LogP contribution in [-0.4, -0.2) is 40.5 Å². The van der Waals surface area contributed by atoms with Crippen LogP contribution in [0.15, 0.2) is 10.3 Å². The molecule has 9 heavy (non-hydrogen) atoms. The fourth-order valence-electron chi connectivity index (χ4n) is 0.501. The third kappa shape index (κ3) is 1.31. The van der Waals surface area contributed by atoms with Gasteiger partial charge < -0.3 is 15.3 Å². The van der Waals surface area contributed by atoms with E-state index in [0.29, 0.717) is 5.84 Å². The standard InChI is InChI=1S/C4H7N3O2/c8-5-3-4(6-9)7-1-2-7/h3,8-9H,1-2H2. The molecule has 5 heteroatoms. The summed E-state index contributed by atoms with van der Waals surface area (Å²) in [6.45, 7) is 1.73. The van der Waals surface area contributed by atoms with Crippen molar-refractivity contribution in [3.05, 3.63) is 0 Å². The van der Waals surface area contributed by atoms with Crippen molar-refractivity contribution >= 4 is 12.1 Å². The van der Waals surface area contributed by atoms with Gasteiger partial charge in [-0.15, -0.1) is 0 Å². The first-order chi connectivity index (χ1) is 4.38. The largest absolute Gasteiger partial charge is 0.411 e. The van der Waals surface area contributed by atoms with Gasteiger partial charge in [-0.05, 0) is 0 Å². The molecular weight excluding hydrogens is 122 g/mol. The molecule has 50 valence electrons. The van der Waals surface area contributed by atoms with Gasteiger partial charge in [0.2, 0.25) is 0 Å². The van der Waals surface area contributed by atoms with Gasteiger partial charge in [-0.1, -0.05) is 10.3 Å². The minimum atomic E-state index is 0.303. The lowest BCUT2D eigenvalue weighted by Crippen LogP contribution is -2.11. The third-order valence-electron chi connectivity index (χ3n) is 1.05. The monoisotopic (exact) mass is 129 g/mol. The predicted octanol–water partition coefficient (Wildman–Crippen LogP) is -0.450. The third-order valence-corrected chi connectivity index (χ3v) is 1.05. The summed E-state index contributed by atoms with van der Waals surface area (Å²) in [7, 11) is 0. The van der Waals surface area contributed by atoms with E-state index in [-0.39, 0.29) is 0 Å². The zero-order chi connectivity index (χ0) is 6.69. The molecular formula is C4H7N3O2. The van der Waals surface area contributed by atoms with Crippen LogP contribution in [-0.2, 0) is 0 Å². The molecule has 2 N–H and O–H groups in total. The minimum Gasteiger partial charge on any atom is -0.411 e. The lowest BCUT2D eigenvalue weighted by atomic mass is 10.6. The molecule has 0 aromatic rings. The van der Waals surface area contributed by atoms with Crippen LogP contribution in [0.5, 0.6) is 0 Å². The van der Waals surface area contributed by atoms with E-state index in [0.717, 1.165) is 19.3 Å². The number of hydrogen-bond acceptors (Lipinski definition) is 4. The van der Waals surface area contributed by atoms with Gasteiger partial charge in [-0.3, -0.25) is 0 Å². The number of nitrogens with zero attached hydrogens (tertiary/aromatic N) is 3. The van der Waals surface area contributed by atoms with Gasteiger partial charge in [0.1, 0.15) is 6.21 Å². The molecule has 0 atom stereocenters. The van der Waals surface area contributed by atoms with E-state index in [1.165, 1.54) is 0 Å². The second-order valence-corrected chi connectivity index (χ2v) is 1.69. The zero-order valence-corrected chi connectivity index (χ0v) is 4.73. The van der Waals surface area contributed by atoms with Crippen LogP contribution >= 0.6 is 0 Å². The lowest BCUT2D eigenvalue weighted by Gasteiger charge is -1.93. The molecule has 0 saturated carbocycles. The van der Waals surface area contributed by atoms with Crippen molar-refractivity contribution in [2.24, 2.45) is 10.3 Å². The Labute approximate surface area is 51.9 Å². The summed E-state index contributed by atoms with van der Waals surface area (Å²) in [5, 5.41) is 21.8. The van der Waals surface area contributed by atoms with Gasteiger partial charge in [0, 0.05) is 13.1 Å². The first-order valence-corrected chi connectivity index (χ1v) is 2.53. The zero-order valence-electron chi connectivity index (χ0n) is 4.73. The van der Waals surface area contributed by atoms with Crippen molar-refractivity contribution in [3.8, 4) is 0 Å². The summed E-state index contributed by atoms with van der Waals surface area (Å²) in [5.41, 5.74) is 0. The fourth-order valence-corrected chi connectivity index (χ4v) is 0.501. The second-order valence-electron chi connectivity index (χ2n) is 1.69. The van der Waals surface area contributed by atoms with Gasteiger partial charge in [-0.25, -0.2) is 0 Å². The van der Waals surface area contributed by atoms with Gasteiger partial charge in [0.05, 0.1) is 0 Å². The van der Waals surface area contributed by atoms with Crippen molar-refractivity contribution in [2.75, 3.05) is 13.1 Å². The summed E-state index contributed by atoms with van der Waals surface area (Å²) in [5.74, 6) is 0.303. The Balaban J connectivity index is 2.48. The van der Waals surface area contributed by atoms with Crippen LogP contribution in [0.4, 0.5) is 0 Å². The molecule has 1 heterocycles. The average Bonchev–Trinajstić information content (AvgIpc) is 2.64. The van der Waals surface area contributed by atoms with Gasteiger partial charge >= 0.3 is 0 Å². The summed E-state index contributed by atoms with van der Waals surface area (Å²) in [4.78, 5) is 1.75. The first-order valence-electron chi connectivity index (χ1n) is 2.53. The molecule has 1 aliphatic rings. The molecule has 1 rings (SSSR count). The number of amidine groups is 1. The maximum atomic E-state index is 8.21. The first kappa shape index (κ1) is 5.87. The highest BCUT2D eigenvalue weighted by atomic mass is 16.4. The molecule has 0 spiro atoms. The van der Waals surface area contributed by atoms with E-state index < -0.39 is 0 Å². The molecule has 0 radical (unpaired) electrons. The van der Waals surface area contributed by atoms with Crippen LogP contribution in [0.1, 0.15) is 0 Å². The van der Waals surface area contributed by atoms with Crippen LogP contribution in [0.3, 0.4) is 0 Å². The topological polar surface area (TPSA) is 68.2 Å². The smallest absolute Gasteiger partial charge is 0.189 e. The maximum absolute atomic E-state index is 8.21. The highest BCUT2D eigenvalue weighted by molar-refractivity contribution is 6.29. The van der Waals surface area contributed by atoms with Gasteiger partial charge in [0.15, 0.2) is 5.84 Å². The Bertz CT molecular complexity index is 150. The number of hydrogen-bond donors (Lipinski definition) is 2. The molecule has 0 aromatic carbocycles. The lowest BCUT2D eigenvalue weighted by molar-refractivity contribution is 0.311. The van der Waals surface area contributed by atoms with Crippen molar-refractivity contribution in [3.63, 3.8) is 0 Å². The van der Waals surface area contributed by atoms with Crippen molar-refractivity contribution in [1.82, 2.24) is 4.90 Å². The van der Waals surface area contributed by atoms with E-state index >= 15 is 0 Å². The minimum absolute atomic E-state index is 0.303. The molecule has 0 unspecified atom stereocenters. The Morgan fingerprint density at radius 3 is 2.44 bits per heavy atom. The Morgan fingerprint density at radius 2 is 2.11 bits per heavy atom. The number of rotatable bonds is 1. The van der Waals surface area contributed by atoms with Crippen LogP contribution in [0.25, 0.3) is 0 Å². The average molecular weight is 129 g/mol. The van der Waals surface area contributed by atoms with Crippen molar-refractivity contribution in [1.29, 1.82) is 0 Å². The molecule has 0 bridgehead atoms. The van der Waals surface area contributed by atoms with E-state index in [9.17, 15) is 0 Å². The SMILES string of the molecule is ON=CC(=NO)N1CC1. The Hall–Kier alpha value is -1.26. The van der Waals surface area contributed by atoms with E-state index in [2.05, 4.69) is 10.3 Å². The van der Waals surface area contributed by atoms with E-state index in [1.54, 1.807) is 4.90 Å². The van der Waals surface area contributed by atoms with Crippen LogP contribution in [0, 0.1) is 0 Å². The second kappa shape index (κ2) is 2.34. The van der Waals surface area contributed by atoms with E-state index in [4.69, 9.17) is 10.4 Å². The summed E-state index contributed by atoms with van der Waals surface area (Å²) >= 11 is 0. The molecule has 1 aliphatic heterocycles. The molecule has 1 saturated heterocycles. The molecule has 5 nitrogen and oxygen atoms in total. The Kier molecular flexibility index (Phi) is 1.53. The van der Waals surface area contributed by atoms with Crippen LogP contribution in [0.2, 0.25) is 0 Å². The molecule has 0 aromatic heterocycles. The Morgan fingerprint density at radius 1 is 1.44 bits per heavy atom. The summed E-state index contributed by atoms with van der Waals surface area (Å²) < 4.78 is 0. The maximum Gasteiger partial charge on any atom is 0.189 e. The summed E-state index contributed by atoms with van der Waals surface area (Å²) in [6, 6.07) is 0. The number of oxime groups is 2. The van der Waals surface area contributed by atoms with E-state index in [1.807, 2.05) is 0 Å². The van der Waals surface area contributed by atoms with Crippen molar-refractivity contribution in [2.45, 2.75) is 0 Å². The predicted molar refractivity (Wildman–Crippen MR) is 31.1 cm³/mol. The highest BCUT2D eigenvalue weighted by Gasteiger charge is 2.20. The normalized spacial score (nSPS) is 19.1. The quantitative estimate of drug-likeness (QED) is 0.166. The van der Waals surface area contributed by atoms with Gasteiger partial charge in [0.25, 0.3) is 0 Å². The molecule has 0 aliphatic carbocycles. The highest BCUT2D eigenvalue weighted by Crippen LogP contribution is 2.02. The van der Waals surface area contributed by atoms with Gasteiger partial charge in [-0.2, -0.15) is 0 Å². The fraction of sp³-hybridized carbons (Fsp3) is 0.500. The van der Waals surface area contributed by atoms with Crippen LogP contribution < -0.4 is 0 Å². The van der Waals surface area contributed by atoms with Crippen molar-refractivity contribution < 1.29 is 10.4 Å².